The van der Waals surface area contributed by atoms with Crippen LogP contribution in [0.25, 0.3) is 11.1 Å². The zero-order valence-corrected chi connectivity index (χ0v) is 17.3. The summed E-state index contributed by atoms with van der Waals surface area (Å²) < 4.78 is 29.0. The second kappa shape index (κ2) is 9.20. The molecule has 2 atom stereocenters. The van der Waals surface area contributed by atoms with Crippen LogP contribution in [0.4, 0.5) is 0 Å². The molecule has 1 heterocycles. The normalized spacial score (nSPS) is 13.6. The molecule has 3 aromatic rings. The van der Waals surface area contributed by atoms with Gasteiger partial charge in [-0.1, -0.05) is 30.3 Å². The van der Waals surface area contributed by atoms with Gasteiger partial charge in [-0.25, -0.2) is 8.42 Å². The molecule has 0 radical (unpaired) electrons. The molecule has 0 bridgehead atoms. The van der Waals surface area contributed by atoms with E-state index in [1.807, 2.05) is 43.3 Å². The van der Waals surface area contributed by atoms with Crippen LogP contribution in [0.1, 0.15) is 18.9 Å². The van der Waals surface area contributed by atoms with Crippen LogP contribution in [0.3, 0.4) is 0 Å². The van der Waals surface area contributed by atoms with Gasteiger partial charge in [0, 0.05) is 18.6 Å². The van der Waals surface area contributed by atoms with Gasteiger partial charge in [0.2, 0.25) is 0 Å². The molecule has 0 saturated heterocycles. The van der Waals surface area contributed by atoms with Gasteiger partial charge < -0.3 is 9.84 Å². The lowest BCUT2D eigenvalue weighted by molar-refractivity contribution is 0.0420. The van der Waals surface area contributed by atoms with Crippen LogP contribution in [0.2, 0.25) is 0 Å². The summed E-state index contributed by atoms with van der Waals surface area (Å²) in [5.74, 6) is 0.675. The molecule has 2 aromatic carbocycles. The Morgan fingerprint density at radius 3 is 2.17 bits per heavy atom. The Balaban J connectivity index is 1.58. The number of hydrogen-bond donors (Lipinski definition) is 1. The zero-order chi connectivity index (χ0) is 20.9. The first-order chi connectivity index (χ1) is 13.8. The van der Waals surface area contributed by atoms with Gasteiger partial charge in [0.15, 0.2) is 9.84 Å². The third-order valence-electron chi connectivity index (χ3n) is 4.79. The van der Waals surface area contributed by atoms with Crippen LogP contribution in [0.15, 0.2) is 78.0 Å². The maximum atomic E-state index is 11.6. The van der Waals surface area contributed by atoms with Crippen molar-refractivity contribution in [1.82, 2.24) is 4.98 Å². The number of aliphatic hydroxyl groups excluding tert-OH is 1. The molecule has 0 saturated carbocycles. The molecule has 1 N–H and O–H groups in total. The molecule has 0 aliphatic rings. The minimum atomic E-state index is -3.20. The topological polar surface area (TPSA) is 76.5 Å². The average Bonchev–Trinajstić information content (AvgIpc) is 2.73. The maximum Gasteiger partial charge on any atom is 0.175 e. The monoisotopic (exact) mass is 411 g/mol. The second-order valence-electron chi connectivity index (χ2n) is 7.11. The molecule has 152 valence electrons. The zero-order valence-electron chi connectivity index (χ0n) is 16.5. The van der Waals surface area contributed by atoms with Crippen molar-refractivity contribution in [1.29, 1.82) is 0 Å². The predicted molar refractivity (Wildman–Crippen MR) is 114 cm³/mol. The number of pyridine rings is 1. The van der Waals surface area contributed by atoms with E-state index in [0.717, 1.165) is 23.1 Å². The van der Waals surface area contributed by atoms with Gasteiger partial charge in [0.1, 0.15) is 11.9 Å². The van der Waals surface area contributed by atoms with E-state index in [2.05, 4.69) is 4.98 Å². The number of sulfone groups is 1. The molecule has 3 rings (SSSR count). The summed E-state index contributed by atoms with van der Waals surface area (Å²) >= 11 is 0. The van der Waals surface area contributed by atoms with E-state index in [1.165, 1.54) is 6.26 Å². The summed E-state index contributed by atoms with van der Waals surface area (Å²) in [4.78, 5) is 4.38. The van der Waals surface area contributed by atoms with Crippen molar-refractivity contribution in [3.63, 3.8) is 0 Å². The van der Waals surface area contributed by atoms with Crippen molar-refractivity contribution in [3.8, 4) is 16.9 Å². The first-order valence-electron chi connectivity index (χ1n) is 9.47. The standard InChI is InChI=1S/C23H25NO4S/c1-17(23(25)14-5-18-4-3-15-24-16-18)28-21-10-6-19(7-11-21)20-8-12-22(13-9-20)29(2,26)27/h3-4,6-13,15-17,23,25H,5,14H2,1-2H3/t17-,23+/m0/s1. The number of aliphatic hydroxyl groups is 1. The highest BCUT2D eigenvalue weighted by Gasteiger charge is 2.16. The molecule has 0 aliphatic carbocycles. The first-order valence-corrected chi connectivity index (χ1v) is 11.4. The number of hydrogen-bond acceptors (Lipinski definition) is 5. The average molecular weight is 412 g/mol. The molecule has 0 aliphatic heterocycles. The molecule has 6 heteroatoms. The highest BCUT2D eigenvalue weighted by atomic mass is 32.2. The Kier molecular flexibility index (Phi) is 6.67. The number of aryl methyl sites for hydroxylation is 1. The lowest BCUT2D eigenvalue weighted by Gasteiger charge is -2.20. The summed E-state index contributed by atoms with van der Waals surface area (Å²) in [5, 5.41) is 10.4. The fourth-order valence-corrected chi connectivity index (χ4v) is 3.64. The van der Waals surface area contributed by atoms with E-state index < -0.39 is 15.9 Å². The van der Waals surface area contributed by atoms with Crippen LogP contribution >= 0.6 is 0 Å². The SMILES string of the molecule is C[C@H](Oc1ccc(-c2ccc(S(C)(=O)=O)cc2)cc1)[C@H](O)CCc1cccnc1. The summed E-state index contributed by atoms with van der Waals surface area (Å²) in [6.07, 6.45) is 5.14. The summed E-state index contributed by atoms with van der Waals surface area (Å²) in [6.45, 7) is 1.85. The minimum absolute atomic E-state index is 0.301. The van der Waals surface area contributed by atoms with Gasteiger partial charge in [-0.2, -0.15) is 0 Å². The van der Waals surface area contributed by atoms with Gasteiger partial charge >= 0.3 is 0 Å². The second-order valence-corrected chi connectivity index (χ2v) is 9.13. The number of benzene rings is 2. The summed E-state index contributed by atoms with van der Waals surface area (Å²) in [5.41, 5.74) is 2.97. The lowest BCUT2D eigenvalue weighted by atomic mass is 10.0. The molecule has 0 amide bonds. The molecule has 5 nitrogen and oxygen atoms in total. The van der Waals surface area contributed by atoms with Crippen LogP contribution in [-0.2, 0) is 16.3 Å². The van der Waals surface area contributed by atoms with Crippen molar-refractivity contribution in [3.05, 3.63) is 78.6 Å². The molecular formula is C23H25NO4S. The lowest BCUT2D eigenvalue weighted by Crippen LogP contribution is -2.29. The third-order valence-corrected chi connectivity index (χ3v) is 5.91. The van der Waals surface area contributed by atoms with E-state index in [4.69, 9.17) is 4.74 Å². The molecule has 0 spiro atoms. The predicted octanol–water partition coefficient (Wildman–Crippen LogP) is 3.91. The minimum Gasteiger partial charge on any atom is -0.488 e. The molecule has 0 fully saturated rings. The van der Waals surface area contributed by atoms with E-state index in [9.17, 15) is 13.5 Å². The highest BCUT2D eigenvalue weighted by molar-refractivity contribution is 7.90. The number of aromatic nitrogens is 1. The van der Waals surface area contributed by atoms with E-state index >= 15 is 0 Å². The van der Waals surface area contributed by atoms with Crippen molar-refractivity contribution in [2.45, 2.75) is 36.9 Å². The van der Waals surface area contributed by atoms with Gasteiger partial charge in [0.25, 0.3) is 0 Å². The van der Waals surface area contributed by atoms with Gasteiger partial charge in [-0.3, -0.25) is 4.98 Å². The third kappa shape index (κ3) is 5.89. The van der Waals surface area contributed by atoms with Crippen LogP contribution in [-0.4, -0.2) is 37.0 Å². The molecule has 29 heavy (non-hydrogen) atoms. The Labute approximate surface area is 171 Å². The van der Waals surface area contributed by atoms with Gasteiger partial charge in [-0.05, 0) is 66.8 Å². The first kappa shape index (κ1) is 21.0. The van der Waals surface area contributed by atoms with Gasteiger partial charge in [-0.15, -0.1) is 0 Å². The molecular weight excluding hydrogens is 386 g/mol. The van der Waals surface area contributed by atoms with E-state index in [0.29, 0.717) is 17.1 Å². The Morgan fingerprint density at radius 1 is 1.00 bits per heavy atom. The Bertz CT molecular complexity index is 1020. The fraction of sp³-hybridized carbons (Fsp3) is 0.261. The molecule has 1 aromatic heterocycles. The van der Waals surface area contributed by atoms with Crippen LogP contribution in [0, 0.1) is 0 Å². The van der Waals surface area contributed by atoms with E-state index in [-0.39, 0.29) is 6.10 Å². The Hall–Kier alpha value is -2.70. The number of ether oxygens (including phenoxy) is 1. The van der Waals surface area contributed by atoms with Crippen molar-refractivity contribution < 1.29 is 18.3 Å². The maximum absolute atomic E-state index is 11.6. The number of rotatable bonds is 8. The van der Waals surface area contributed by atoms with Crippen molar-refractivity contribution in [2.24, 2.45) is 0 Å². The largest absolute Gasteiger partial charge is 0.488 e. The quantitative estimate of drug-likeness (QED) is 0.608. The van der Waals surface area contributed by atoms with Crippen molar-refractivity contribution in [2.75, 3.05) is 6.26 Å². The Morgan fingerprint density at radius 2 is 1.62 bits per heavy atom. The van der Waals surface area contributed by atoms with Crippen molar-refractivity contribution >= 4 is 9.84 Å². The number of nitrogens with zero attached hydrogens (tertiary/aromatic N) is 1. The molecule has 0 unspecified atom stereocenters. The van der Waals surface area contributed by atoms with Gasteiger partial charge in [0.05, 0.1) is 11.0 Å². The van der Waals surface area contributed by atoms with Crippen LogP contribution in [0.5, 0.6) is 5.75 Å². The highest BCUT2D eigenvalue weighted by Crippen LogP contribution is 2.25. The van der Waals surface area contributed by atoms with Crippen LogP contribution < -0.4 is 4.74 Å². The fourth-order valence-electron chi connectivity index (χ4n) is 3.01. The summed E-state index contributed by atoms with van der Waals surface area (Å²) in [7, 11) is -3.20. The van der Waals surface area contributed by atoms with E-state index in [1.54, 1.807) is 36.7 Å². The smallest absolute Gasteiger partial charge is 0.175 e. The summed E-state index contributed by atoms with van der Waals surface area (Å²) in [6, 6.07) is 18.2.